The van der Waals surface area contributed by atoms with Gasteiger partial charge in [0, 0.05) is 5.56 Å². The van der Waals surface area contributed by atoms with Crippen molar-refractivity contribution in [3.8, 4) is 5.75 Å². The maximum Gasteiger partial charge on any atom is 0.254 e. The Balaban J connectivity index is 1.52. The summed E-state index contributed by atoms with van der Waals surface area (Å²) in [5.74, 6) is -0.564. The van der Waals surface area contributed by atoms with Crippen LogP contribution < -0.4 is 0 Å². The lowest BCUT2D eigenvalue weighted by molar-refractivity contribution is -0.140. The highest BCUT2D eigenvalue weighted by Crippen LogP contribution is 2.52. The molecule has 3 aliphatic rings. The van der Waals surface area contributed by atoms with Gasteiger partial charge >= 0.3 is 0 Å². The normalized spacial score (nSPS) is 30.2. The largest absolute Gasteiger partial charge is 0.507 e. The van der Waals surface area contributed by atoms with Gasteiger partial charge in [0.25, 0.3) is 11.8 Å². The lowest BCUT2D eigenvalue weighted by Gasteiger charge is -2.13. The number of carbonyl (C=O) groups is 2. The molecular weight excluding hydrogens is 316 g/mol. The average molecular weight is 332 g/mol. The summed E-state index contributed by atoms with van der Waals surface area (Å²) in [5, 5.41) is 17.1. The molecule has 2 aromatic rings. The first-order valence-electron chi connectivity index (χ1n) is 8.46. The number of amides is 2. The van der Waals surface area contributed by atoms with E-state index in [1.807, 2.05) is 30.3 Å². The minimum Gasteiger partial charge on any atom is -0.507 e. The molecule has 1 aliphatic heterocycles. The maximum atomic E-state index is 12.7. The van der Waals surface area contributed by atoms with Crippen molar-refractivity contribution in [2.75, 3.05) is 0 Å². The van der Waals surface area contributed by atoms with Crippen LogP contribution in [0.25, 0.3) is 10.8 Å². The van der Waals surface area contributed by atoms with Crippen molar-refractivity contribution in [1.82, 2.24) is 5.01 Å². The lowest BCUT2D eigenvalue weighted by Crippen LogP contribution is -2.28. The van der Waals surface area contributed by atoms with Gasteiger partial charge < -0.3 is 5.11 Å². The number of hydrazone groups is 1. The van der Waals surface area contributed by atoms with Gasteiger partial charge in [0.1, 0.15) is 5.75 Å². The number of phenols is 1. The molecule has 5 nitrogen and oxygen atoms in total. The number of nitrogens with zero attached hydrogens (tertiary/aromatic N) is 2. The van der Waals surface area contributed by atoms with Crippen molar-refractivity contribution < 1.29 is 14.7 Å². The fourth-order valence-corrected chi connectivity index (χ4v) is 4.54. The fourth-order valence-electron chi connectivity index (χ4n) is 4.54. The molecule has 2 fully saturated rings. The lowest BCUT2D eigenvalue weighted by atomic mass is 9.85. The first kappa shape index (κ1) is 14.4. The summed E-state index contributed by atoms with van der Waals surface area (Å²) in [6.45, 7) is 0. The highest BCUT2D eigenvalue weighted by Gasteiger charge is 2.59. The molecule has 124 valence electrons. The summed E-state index contributed by atoms with van der Waals surface area (Å²) in [5.41, 5.74) is 0.511. The smallest absolute Gasteiger partial charge is 0.254 e. The predicted octanol–water partition coefficient (Wildman–Crippen LogP) is 2.69. The van der Waals surface area contributed by atoms with Crippen LogP contribution in [0.15, 0.2) is 53.7 Å². The quantitative estimate of drug-likeness (QED) is 0.522. The van der Waals surface area contributed by atoms with Crippen molar-refractivity contribution in [1.29, 1.82) is 0 Å². The van der Waals surface area contributed by atoms with Crippen LogP contribution in [0.1, 0.15) is 12.0 Å². The van der Waals surface area contributed by atoms with Crippen LogP contribution in [0.2, 0.25) is 0 Å². The summed E-state index contributed by atoms with van der Waals surface area (Å²) in [7, 11) is 0. The van der Waals surface area contributed by atoms with Crippen LogP contribution in [-0.4, -0.2) is 28.1 Å². The molecule has 1 saturated carbocycles. The topological polar surface area (TPSA) is 70.0 Å². The van der Waals surface area contributed by atoms with Gasteiger partial charge in [0.15, 0.2) is 0 Å². The Bertz CT molecular complexity index is 948. The minimum atomic E-state index is -0.263. The Labute approximate surface area is 144 Å². The molecule has 0 spiro atoms. The van der Waals surface area contributed by atoms with Gasteiger partial charge in [-0.25, -0.2) is 0 Å². The van der Waals surface area contributed by atoms with Crippen LogP contribution in [0.3, 0.4) is 0 Å². The Morgan fingerprint density at radius 3 is 2.40 bits per heavy atom. The van der Waals surface area contributed by atoms with Crippen LogP contribution in [0.4, 0.5) is 0 Å². The molecule has 5 heteroatoms. The van der Waals surface area contributed by atoms with E-state index in [1.165, 1.54) is 6.21 Å². The molecule has 2 aromatic carbocycles. The number of benzene rings is 2. The zero-order valence-electron chi connectivity index (χ0n) is 13.4. The van der Waals surface area contributed by atoms with Gasteiger partial charge in [-0.05, 0) is 35.1 Å². The van der Waals surface area contributed by atoms with E-state index in [9.17, 15) is 14.7 Å². The van der Waals surface area contributed by atoms with E-state index in [-0.39, 0.29) is 41.2 Å². The predicted molar refractivity (Wildman–Crippen MR) is 92.8 cm³/mol. The molecule has 25 heavy (non-hydrogen) atoms. The molecule has 5 rings (SSSR count). The van der Waals surface area contributed by atoms with Gasteiger partial charge in [0.2, 0.25) is 0 Å². The monoisotopic (exact) mass is 332 g/mol. The zero-order valence-corrected chi connectivity index (χ0v) is 13.4. The molecule has 4 atom stereocenters. The minimum absolute atomic E-state index is 0.0727. The van der Waals surface area contributed by atoms with E-state index >= 15 is 0 Å². The van der Waals surface area contributed by atoms with Crippen molar-refractivity contribution >= 4 is 28.8 Å². The van der Waals surface area contributed by atoms with Gasteiger partial charge in [0.05, 0.1) is 18.1 Å². The molecular formula is C20H16N2O3. The van der Waals surface area contributed by atoms with E-state index in [4.69, 9.17) is 0 Å². The molecule has 0 aromatic heterocycles. The van der Waals surface area contributed by atoms with Crippen LogP contribution in [0, 0.1) is 23.7 Å². The molecule has 2 amide bonds. The van der Waals surface area contributed by atoms with Crippen LogP contribution >= 0.6 is 0 Å². The molecule has 2 bridgehead atoms. The second-order valence-corrected chi connectivity index (χ2v) is 6.95. The van der Waals surface area contributed by atoms with Crippen molar-refractivity contribution in [2.45, 2.75) is 6.42 Å². The number of fused-ring (bicyclic) bond motifs is 6. The zero-order chi connectivity index (χ0) is 17.1. The Kier molecular flexibility index (Phi) is 2.89. The van der Waals surface area contributed by atoms with E-state index in [0.717, 1.165) is 22.2 Å². The first-order chi connectivity index (χ1) is 12.1. The number of rotatable bonds is 2. The van der Waals surface area contributed by atoms with Crippen LogP contribution in [-0.2, 0) is 9.59 Å². The molecule has 1 saturated heterocycles. The third kappa shape index (κ3) is 1.92. The van der Waals surface area contributed by atoms with E-state index in [0.29, 0.717) is 5.56 Å². The molecule has 0 unspecified atom stereocenters. The highest BCUT2D eigenvalue weighted by molar-refractivity contribution is 6.08. The average Bonchev–Trinajstić information content (AvgIpc) is 3.29. The summed E-state index contributed by atoms with van der Waals surface area (Å²) < 4.78 is 0. The standard InChI is InChI=1S/C20H16N2O3/c23-16-8-7-11-3-1-2-4-14(11)15(16)10-21-22-19(24)17-12-5-6-13(9-12)18(17)20(22)25/h1-8,10,12-13,17-18,23H,9H2/b21-10-/t12-,13-,17+,18+/m0/s1. The Hall–Kier alpha value is -2.95. The molecule has 2 aliphatic carbocycles. The van der Waals surface area contributed by atoms with Gasteiger partial charge in [-0.1, -0.05) is 42.5 Å². The van der Waals surface area contributed by atoms with Gasteiger partial charge in [-0.15, -0.1) is 0 Å². The van der Waals surface area contributed by atoms with Crippen LogP contribution in [0.5, 0.6) is 5.75 Å². The second kappa shape index (κ2) is 5.02. The molecule has 1 heterocycles. The second-order valence-electron chi connectivity index (χ2n) is 6.95. The third-order valence-corrected chi connectivity index (χ3v) is 5.70. The van der Waals surface area contributed by atoms with Gasteiger partial charge in [-0.2, -0.15) is 10.1 Å². The number of allylic oxidation sites excluding steroid dienone is 2. The van der Waals surface area contributed by atoms with Crippen molar-refractivity contribution in [2.24, 2.45) is 28.8 Å². The Morgan fingerprint density at radius 1 is 1.00 bits per heavy atom. The number of phenolic OH excluding ortho intramolecular Hbond substituents is 1. The maximum absolute atomic E-state index is 12.7. The van der Waals surface area contributed by atoms with Crippen molar-refractivity contribution in [3.05, 3.63) is 54.1 Å². The van der Waals surface area contributed by atoms with E-state index in [1.54, 1.807) is 6.07 Å². The summed E-state index contributed by atoms with van der Waals surface area (Å²) in [4.78, 5) is 25.3. The summed E-state index contributed by atoms with van der Waals surface area (Å²) >= 11 is 0. The summed E-state index contributed by atoms with van der Waals surface area (Å²) in [6, 6.07) is 11.0. The SMILES string of the molecule is O=C1[C@H]2[C@H](C(=O)N1/N=C\c1c(O)ccc3ccccc13)[C@H]1C=C[C@H]2C1. The fraction of sp³-hybridized carbons (Fsp3) is 0.250. The van der Waals surface area contributed by atoms with E-state index < -0.39 is 0 Å². The first-order valence-corrected chi connectivity index (χ1v) is 8.46. The molecule has 1 N–H and O–H groups in total. The number of imide groups is 1. The number of aromatic hydroxyl groups is 1. The third-order valence-electron chi connectivity index (χ3n) is 5.70. The van der Waals surface area contributed by atoms with Crippen molar-refractivity contribution in [3.63, 3.8) is 0 Å². The molecule has 0 radical (unpaired) electrons. The highest BCUT2D eigenvalue weighted by atomic mass is 16.3. The Morgan fingerprint density at radius 2 is 1.68 bits per heavy atom. The summed E-state index contributed by atoms with van der Waals surface area (Å²) in [6.07, 6.45) is 6.43. The van der Waals surface area contributed by atoms with E-state index in [2.05, 4.69) is 17.3 Å². The van der Waals surface area contributed by atoms with Gasteiger partial charge in [-0.3, -0.25) is 9.59 Å². The number of hydrogen-bond acceptors (Lipinski definition) is 4. The number of carbonyl (C=O) groups excluding carboxylic acids is 2. The number of hydrogen-bond donors (Lipinski definition) is 1.